The van der Waals surface area contributed by atoms with Gasteiger partial charge < -0.3 is 10.2 Å². The Morgan fingerprint density at radius 3 is 2.33 bits per heavy atom. The summed E-state index contributed by atoms with van der Waals surface area (Å²) in [6, 6.07) is 20.8. The third-order valence-corrected chi connectivity index (χ3v) is 8.91. The summed E-state index contributed by atoms with van der Waals surface area (Å²) in [5.41, 5.74) is 2.71. The molecular weight excluding hydrogens is 614 g/mol. The number of hydrogen-bond donors (Lipinski definition) is 1. The second kappa shape index (κ2) is 14.7. The lowest BCUT2D eigenvalue weighted by Crippen LogP contribution is -2.53. The fraction of sp³-hybridized carbons (Fsp3) is 0.333. The number of carbonyl (C=O) groups is 2. The maximum Gasteiger partial charge on any atom is 0.244 e. The number of anilines is 1. The Balaban J connectivity index is 2.05. The number of nitrogens with zero attached hydrogens (tertiary/aromatic N) is 2. The zero-order valence-electron chi connectivity index (χ0n) is 22.9. The van der Waals surface area contributed by atoms with E-state index in [4.69, 9.17) is 11.6 Å². The Bertz CT molecular complexity index is 1420. The number of hydrogen-bond acceptors (Lipinski definition) is 4. The number of halogens is 2. The Hall–Kier alpha value is -2.88. The number of aryl methyl sites for hydroxylation is 1. The van der Waals surface area contributed by atoms with Gasteiger partial charge in [0.25, 0.3) is 0 Å². The van der Waals surface area contributed by atoms with Crippen molar-refractivity contribution in [3.63, 3.8) is 0 Å². The van der Waals surface area contributed by atoms with Crippen LogP contribution in [0.4, 0.5) is 5.69 Å². The maximum absolute atomic E-state index is 14.1. The van der Waals surface area contributed by atoms with Gasteiger partial charge in [0.1, 0.15) is 12.6 Å². The molecule has 0 aliphatic rings. The molecule has 3 rings (SSSR count). The zero-order valence-corrected chi connectivity index (χ0v) is 26.1. The van der Waals surface area contributed by atoms with Crippen LogP contribution in [0.25, 0.3) is 0 Å². The monoisotopic (exact) mass is 647 g/mol. The van der Waals surface area contributed by atoms with E-state index in [0.29, 0.717) is 22.8 Å². The lowest BCUT2D eigenvalue weighted by atomic mass is 10.0. The van der Waals surface area contributed by atoms with Crippen molar-refractivity contribution in [2.75, 3.05) is 23.7 Å². The molecule has 1 atom stereocenters. The maximum atomic E-state index is 14.1. The number of nitrogens with one attached hydrogen (secondary N) is 1. The van der Waals surface area contributed by atoms with Crippen molar-refractivity contribution < 1.29 is 18.0 Å². The molecule has 3 aromatic carbocycles. The van der Waals surface area contributed by atoms with E-state index in [1.54, 1.807) is 36.4 Å². The predicted octanol–water partition coefficient (Wildman–Crippen LogP) is 5.73. The highest BCUT2D eigenvalue weighted by molar-refractivity contribution is 9.10. The first-order chi connectivity index (χ1) is 19.0. The Morgan fingerprint density at radius 2 is 1.70 bits per heavy atom. The fourth-order valence-corrected chi connectivity index (χ4v) is 5.55. The van der Waals surface area contributed by atoms with Crippen molar-refractivity contribution in [1.29, 1.82) is 0 Å². The van der Waals surface area contributed by atoms with Crippen LogP contribution < -0.4 is 9.62 Å². The Labute approximate surface area is 250 Å². The second-order valence-corrected chi connectivity index (χ2v) is 12.8. The predicted molar refractivity (Wildman–Crippen MR) is 165 cm³/mol. The molecule has 0 fully saturated rings. The van der Waals surface area contributed by atoms with Gasteiger partial charge in [0.15, 0.2) is 0 Å². The van der Waals surface area contributed by atoms with E-state index < -0.39 is 28.5 Å². The molecule has 0 aromatic heterocycles. The number of amides is 2. The Morgan fingerprint density at radius 1 is 1.02 bits per heavy atom. The van der Waals surface area contributed by atoms with Crippen molar-refractivity contribution in [3.05, 3.63) is 99.0 Å². The summed E-state index contributed by atoms with van der Waals surface area (Å²) in [7, 11) is -3.84. The van der Waals surface area contributed by atoms with E-state index in [9.17, 15) is 18.0 Å². The van der Waals surface area contributed by atoms with Crippen LogP contribution in [-0.4, -0.2) is 50.5 Å². The minimum absolute atomic E-state index is 0.0359. The van der Waals surface area contributed by atoms with Crippen LogP contribution in [0.15, 0.2) is 77.3 Å². The van der Waals surface area contributed by atoms with Gasteiger partial charge in [-0.2, -0.15) is 0 Å². The first-order valence-corrected chi connectivity index (χ1v) is 16.1. The topological polar surface area (TPSA) is 86.8 Å². The van der Waals surface area contributed by atoms with Crippen LogP contribution >= 0.6 is 27.5 Å². The van der Waals surface area contributed by atoms with Crippen molar-refractivity contribution in [3.8, 4) is 0 Å². The summed E-state index contributed by atoms with van der Waals surface area (Å²) in [5, 5.41) is 3.42. The lowest BCUT2D eigenvalue weighted by molar-refractivity contribution is -0.140. The van der Waals surface area contributed by atoms with Crippen LogP contribution in [-0.2, 0) is 32.6 Å². The molecule has 1 N–H and O–H groups in total. The third-order valence-electron chi connectivity index (χ3n) is 6.51. The Kier molecular flexibility index (Phi) is 11.6. The number of rotatable bonds is 13. The van der Waals surface area contributed by atoms with E-state index in [1.165, 1.54) is 4.90 Å². The van der Waals surface area contributed by atoms with Gasteiger partial charge >= 0.3 is 0 Å². The van der Waals surface area contributed by atoms with E-state index in [2.05, 4.69) is 21.2 Å². The third kappa shape index (κ3) is 8.81. The molecule has 0 heterocycles. The first kappa shape index (κ1) is 31.6. The summed E-state index contributed by atoms with van der Waals surface area (Å²) in [6.07, 6.45) is 3.02. The average Bonchev–Trinajstić information content (AvgIpc) is 2.91. The van der Waals surface area contributed by atoms with E-state index >= 15 is 0 Å². The largest absolute Gasteiger partial charge is 0.354 e. The van der Waals surface area contributed by atoms with Crippen LogP contribution in [0.2, 0.25) is 5.02 Å². The number of unbranched alkanes of at least 4 members (excludes halogenated alkanes) is 1. The molecule has 0 bridgehead atoms. The van der Waals surface area contributed by atoms with Gasteiger partial charge in [-0.05, 0) is 54.3 Å². The highest BCUT2D eigenvalue weighted by Gasteiger charge is 2.33. The summed E-state index contributed by atoms with van der Waals surface area (Å²) >= 11 is 9.92. The van der Waals surface area contributed by atoms with Gasteiger partial charge in [-0.1, -0.05) is 89.4 Å². The molecule has 0 radical (unpaired) electrons. The minimum atomic E-state index is -3.84. The molecule has 10 heteroatoms. The second-order valence-electron chi connectivity index (χ2n) is 9.67. The molecule has 0 saturated carbocycles. The molecule has 214 valence electrons. The van der Waals surface area contributed by atoms with Crippen LogP contribution in [0, 0.1) is 6.92 Å². The van der Waals surface area contributed by atoms with Crippen molar-refractivity contribution >= 4 is 55.1 Å². The molecule has 0 unspecified atom stereocenters. The molecule has 0 aliphatic carbocycles. The van der Waals surface area contributed by atoms with Crippen molar-refractivity contribution in [1.82, 2.24) is 10.2 Å². The normalized spacial score (nSPS) is 12.0. The molecule has 3 aromatic rings. The SMILES string of the molecule is CCCCNC(=O)[C@H](Cc1ccccc1)N(Cc1ccccc1Cl)C(=O)CN(c1ccc(Br)c(C)c1)S(C)(=O)=O. The summed E-state index contributed by atoms with van der Waals surface area (Å²) in [4.78, 5) is 29.1. The van der Waals surface area contributed by atoms with E-state index in [0.717, 1.165) is 39.0 Å². The van der Waals surface area contributed by atoms with Gasteiger partial charge in [0.2, 0.25) is 21.8 Å². The molecule has 0 saturated heterocycles. The lowest BCUT2D eigenvalue weighted by Gasteiger charge is -2.33. The zero-order chi connectivity index (χ0) is 29.3. The highest BCUT2D eigenvalue weighted by Crippen LogP contribution is 2.26. The summed E-state index contributed by atoms with van der Waals surface area (Å²) < 4.78 is 27.7. The van der Waals surface area contributed by atoms with Gasteiger partial charge in [-0.15, -0.1) is 0 Å². The minimum Gasteiger partial charge on any atom is -0.354 e. The average molecular weight is 649 g/mol. The molecule has 0 aliphatic heterocycles. The van der Waals surface area contributed by atoms with Crippen LogP contribution in [0.5, 0.6) is 0 Å². The molecule has 40 heavy (non-hydrogen) atoms. The van der Waals surface area contributed by atoms with Gasteiger partial charge in [-0.3, -0.25) is 13.9 Å². The van der Waals surface area contributed by atoms with Gasteiger partial charge in [0, 0.05) is 29.0 Å². The van der Waals surface area contributed by atoms with E-state index in [1.807, 2.05) is 50.2 Å². The summed E-state index contributed by atoms with van der Waals surface area (Å²) in [5.74, 6) is -0.819. The quantitative estimate of drug-likeness (QED) is 0.240. The first-order valence-electron chi connectivity index (χ1n) is 13.1. The molecular formula is C30H35BrClN3O4S. The van der Waals surface area contributed by atoms with Crippen LogP contribution in [0.1, 0.15) is 36.5 Å². The van der Waals surface area contributed by atoms with Gasteiger partial charge in [-0.25, -0.2) is 8.42 Å². The van der Waals surface area contributed by atoms with Gasteiger partial charge in [0.05, 0.1) is 11.9 Å². The van der Waals surface area contributed by atoms with E-state index in [-0.39, 0.29) is 18.9 Å². The number of carbonyl (C=O) groups excluding carboxylic acids is 2. The molecule has 2 amide bonds. The smallest absolute Gasteiger partial charge is 0.244 e. The van der Waals surface area contributed by atoms with Crippen molar-refractivity contribution in [2.24, 2.45) is 0 Å². The van der Waals surface area contributed by atoms with Crippen molar-refractivity contribution in [2.45, 2.75) is 45.7 Å². The summed E-state index contributed by atoms with van der Waals surface area (Å²) in [6.45, 7) is 3.91. The molecule has 7 nitrogen and oxygen atoms in total. The van der Waals surface area contributed by atoms with Crippen LogP contribution in [0.3, 0.4) is 0 Å². The fourth-order valence-electron chi connectivity index (χ4n) is 4.27. The number of sulfonamides is 1. The molecule has 0 spiro atoms. The number of benzene rings is 3. The highest BCUT2D eigenvalue weighted by atomic mass is 79.9. The standard InChI is InChI=1S/C30H35BrClN3O4S/c1-4-5-17-33-30(37)28(19-23-11-7-6-8-12-23)34(20-24-13-9-10-14-27(24)32)29(36)21-35(40(3,38)39)25-15-16-26(31)22(2)18-25/h6-16,18,28H,4-5,17,19-21H2,1-3H3,(H,33,37)/t28-/m0/s1.